The van der Waals surface area contributed by atoms with Crippen molar-refractivity contribution in [2.75, 3.05) is 0 Å². The van der Waals surface area contributed by atoms with Gasteiger partial charge in [0.05, 0.1) is 29.0 Å². The first-order chi connectivity index (χ1) is 14.8. The lowest BCUT2D eigenvalue weighted by molar-refractivity contribution is -0.170. The fourth-order valence-electron chi connectivity index (χ4n) is 4.82. The number of ether oxygens (including phenoxy) is 1. The number of carbonyl (C=O) groups excluding carboxylic acids is 1. The molecule has 0 saturated heterocycles. The Labute approximate surface area is 177 Å². The lowest BCUT2D eigenvalue weighted by Crippen LogP contribution is -2.44. The zero-order chi connectivity index (χ0) is 22.1. The molecule has 5 rings (SSSR count). The maximum atomic E-state index is 13.4. The average Bonchev–Trinajstić information content (AvgIpc) is 3.09. The van der Waals surface area contributed by atoms with E-state index in [9.17, 15) is 24.9 Å². The smallest absolute Gasteiger partial charge is 0.338 e. The fraction of sp³-hybridized carbons (Fsp3) is 0.348. The van der Waals surface area contributed by atoms with Crippen molar-refractivity contribution in [3.8, 4) is 17.1 Å². The Hall–Kier alpha value is -3.23. The zero-order valence-corrected chi connectivity index (χ0v) is 17.2. The zero-order valence-electron chi connectivity index (χ0n) is 17.2. The van der Waals surface area contributed by atoms with E-state index in [2.05, 4.69) is 0 Å². The van der Waals surface area contributed by atoms with Crippen molar-refractivity contribution < 1.29 is 24.9 Å². The molecule has 1 aromatic carbocycles. The van der Waals surface area contributed by atoms with Crippen molar-refractivity contribution in [3.63, 3.8) is 0 Å². The first-order valence-corrected chi connectivity index (χ1v) is 10.3. The molecule has 160 valence electrons. The fourth-order valence-corrected chi connectivity index (χ4v) is 4.82. The molecule has 0 saturated carbocycles. The molecule has 0 bridgehead atoms. The van der Waals surface area contributed by atoms with E-state index >= 15 is 0 Å². The summed E-state index contributed by atoms with van der Waals surface area (Å²) in [6, 6.07) is 6.62. The molecule has 2 aromatic heterocycles. The second-order valence-corrected chi connectivity index (χ2v) is 8.07. The van der Waals surface area contributed by atoms with Crippen LogP contribution in [0.1, 0.15) is 42.5 Å². The molecule has 0 spiro atoms. The highest BCUT2D eigenvalue weighted by Crippen LogP contribution is 2.40. The molecule has 0 radical (unpaired) electrons. The molecular weight excluding hydrogens is 400 g/mol. The number of phenolic OH excluding ortho intramolecular Hbond substituents is 1. The van der Waals surface area contributed by atoms with Crippen LogP contribution in [0.5, 0.6) is 5.75 Å². The van der Waals surface area contributed by atoms with Crippen molar-refractivity contribution in [1.82, 2.24) is 9.55 Å². The Kier molecular flexibility index (Phi) is 4.22. The monoisotopic (exact) mass is 422 g/mol. The number of esters is 1. The predicted octanol–water partition coefficient (Wildman–Crippen LogP) is 1.71. The highest BCUT2D eigenvalue weighted by atomic mass is 16.6. The maximum absolute atomic E-state index is 13.4. The standard InChI is InChI=1S/C23H22N2O6/c1-3-12-13-7-11(26)5-6-17(13)24-19-14(12)9-25-18(19)8-16-15(21(25)28)10-31-22(29)20(27)23(16,30)4-2/h5-8,20,26-27,30H,3-4,9-10H2,1-2H3/t20-,23-/m0/s1. The lowest BCUT2D eigenvalue weighted by atomic mass is 9.83. The first kappa shape index (κ1) is 19.7. The molecule has 2 aliphatic rings. The van der Waals surface area contributed by atoms with Crippen molar-refractivity contribution in [1.29, 1.82) is 0 Å². The number of rotatable bonds is 2. The molecule has 3 aromatic rings. The SMILES string of the molecule is CCc1c2c(nc3ccc(O)cc13)-c1cc3c(c(=O)n1C2)COC(=O)[C@H](O)[C@]3(O)CC. The van der Waals surface area contributed by atoms with Gasteiger partial charge < -0.3 is 24.6 Å². The third kappa shape index (κ3) is 2.58. The predicted molar refractivity (Wildman–Crippen MR) is 112 cm³/mol. The Morgan fingerprint density at radius 3 is 2.71 bits per heavy atom. The number of aliphatic hydroxyl groups is 2. The molecule has 0 fully saturated rings. The number of aromatic nitrogens is 2. The van der Waals surface area contributed by atoms with Gasteiger partial charge in [0.15, 0.2) is 6.10 Å². The minimum atomic E-state index is -1.93. The van der Waals surface area contributed by atoms with Crippen LogP contribution in [0.3, 0.4) is 0 Å². The van der Waals surface area contributed by atoms with Gasteiger partial charge in [0, 0.05) is 16.5 Å². The Bertz CT molecular complexity index is 1330. The number of aliphatic hydroxyl groups excluding tert-OH is 1. The Morgan fingerprint density at radius 2 is 2.00 bits per heavy atom. The molecular formula is C23H22N2O6. The van der Waals surface area contributed by atoms with Crippen LogP contribution < -0.4 is 5.56 Å². The normalized spacial score (nSPS) is 21.9. The maximum Gasteiger partial charge on any atom is 0.338 e. The second-order valence-electron chi connectivity index (χ2n) is 8.07. The summed E-state index contributed by atoms with van der Waals surface area (Å²) in [4.78, 5) is 30.3. The van der Waals surface area contributed by atoms with E-state index in [1.54, 1.807) is 35.8 Å². The van der Waals surface area contributed by atoms with Gasteiger partial charge in [-0.3, -0.25) is 4.79 Å². The van der Waals surface area contributed by atoms with Crippen LogP contribution in [0.2, 0.25) is 0 Å². The van der Waals surface area contributed by atoms with E-state index in [4.69, 9.17) is 9.72 Å². The number of aromatic hydroxyl groups is 1. The summed E-state index contributed by atoms with van der Waals surface area (Å²) in [5.74, 6) is -0.810. The van der Waals surface area contributed by atoms with Gasteiger partial charge in [0.2, 0.25) is 0 Å². The second kappa shape index (κ2) is 6.63. The Morgan fingerprint density at radius 1 is 1.23 bits per heavy atom. The number of hydrogen-bond acceptors (Lipinski definition) is 7. The summed E-state index contributed by atoms with van der Waals surface area (Å²) in [5, 5.41) is 32.4. The third-order valence-electron chi connectivity index (χ3n) is 6.54. The largest absolute Gasteiger partial charge is 0.508 e. The van der Waals surface area contributed by atoms with Gasteiger partial charge in [-0.25, -0.2) is 9.78 Å². The van der Waals surface area contributed by atoms with Crippen molar-refractivity contribution in [2.24, 2.45) is 0 Å². The van der Waals surface area contributed by atoms with Gasteiger partial charge in [0.25, 0.3) is 5.56 Å². The summed E-state index contributed by atoms with van der Waals surface area (Å²) in [7, 11) is 0. The summed E-state index contributed by atoms with van der Waals surface area (Å²) >= 11 is 0. The Balaban J connectivity index is 1.83. The lowest BCUT2D eigenvalue weighted by Gasteiger charge is -2.30. The molecule has 8 heteroatoms. The van der Waals surface area contributed by atoms with Gasteiger partial charge >= 0.3 is 5.97 Å². The summed E-state index contributed by atoms with van der Waals surface area (Å²) in [6.45, 7) is 3.62. The number of carbonyl (C=O) groups is 1. The van der Waals surface area contributed by atoms with Crippen LogP contribution in [0.25, 0.3) is 22.3 Å². The van der Waals surface area contributed by atoms with E-state index in [1.165, 1.54) is 0 Å². The number of fused-ring (bicyclic) bond motifs is 5. The van der Waals surface area contributed by atoms with Gasteiger partial charge in [-0.1, -0.05) is 13.8 Å². The van der Waals surface area contributed by atoms with Crippen LogP contribution in [-0.4, -0.2) is 36.9 Å². The topological polar surface area (TPSA) is 122 Å². The van der Waals surface area contributed by atoms with Gasteiger partial charge in [-0.2, -0.15) is 0 Å². The molecule has 0 aliphatic carbocycles. The van der Waals surface area contributed by atoms with Gasteiger partial charge in [-0.05, 0) is 42.7 Å². The highest BCUT2D eigenvalue weighted by Gasteiger charge is 2.47. The van der Waals surface area contributed by atoms with E-state index in [0.717, 1.165) is 16.5 Å². The van der Waals surface area contributed by atoms with Crippen LogP contribution in [0.4, 0.5) is 0 Å². The van der Waals surface area contributed by atoms with Crippen LogP contribution in [0, 0.1) is 0 Å². The molecule has 8 nitrogen and oxygen atoms in total. The summed E-state index contributed by atoms with van der Waals surface area (Å²) in [6.07, 6.45) is -1.08. The number of benzene rings is 1. The van der Waals surface area contributed by atoms with E-state index in [-0.39, 0.29) is 35.5 Å². The quantitative estimate of drug-likeness (QED) is 0.420. The van der Waals surface area contributed by atoms with Crippen molar-refractivity contribution >= 4 is 16.9 Å². The molecule has 4 heterocycles. The van der Waals surface area contributed by atoms with Gasteiger partial charge in [-0.15, -0.1) is 0 Å². The third-order valence-corrected chi connectivity index (χ3v) is 6.54. The number of phenols is 1. The molecule has 2 atom stereocenters. The minimum absolute atomic E-state index is 0.0245. The number of nitrogens with zero attached hydrogens (tertiary/aromatic N) is 2. The summed E-state index contributed by atoms with van der Waals surface area (Å²) < 4.78 is 6.64. The van der Waals surface area contributed by atoms with E-state index in [0.29, 0.717) is 29.9 Å². The van der Waals surface area contributed by atoms with E-state index < -0.39 is 17.7 Å². The van der Waals surface area contributed by atoms with Gasteiger partial charge in [0.1, 0.15) is 18.0 Å². The molecule has 3 N–H and O–H groups in total. The van der Waals surface area contributed by atoms with Crippen LogP contribution in [0.15, 0.2) is 29.1 Å². The van der Waals surface area contributed by atoms with Crippen LogP contribution >= 0.6 is 0 Å². The van der Waals surface area contributed by atoms with Crippen molar-refractivity contribution in [3.05, 3.63) is 56.9 Å². The number of pyridine rings is 2. The van der Waals surface area contributed by atoms with Crippen molar-refractivity contribution in [2.45, 2.75) is 51.5 Å². The summed E-state index contributed by atoms with van der Waals surface area (Å²) in [5.41, 5.74) is 1.76. The first-order valence-electron chi connectivity index (χ1n) is 10.3. The molecule has 2 aliphatic heterocycles. The van der Waals surface area contributed by atoms with Crippen LogP contribution in [-0.2, 0) is 34.7 Å². The van der Waals surface area contributed by atoms with E-state index in [1.807, 2.05) is 6.92 Å². The molecule has 0 amide bonds. The number of cyclic esters (lactones) is 1. The number of aryl methyl sites for hydroxylation is 1. The molecule has 31 heavy (non-hydrogen) atoms. The average molecular weight is 422 g/mol. The minimum Gasteiger partial charge on any atom is -0.508 e. The number of hydrogen-bond donors (Lipinski definition) is 3. The molecule has 0 unspecified atom stereocenters. The highest BCUT2D eigenvalue weighted by molar-refractivity contribution is 5.89.